The summed E-state index contributed by atoms with van der Waals surface area (Å²) in [5, 5.41) is 15.8. The minimum Gasteiger partial charge on any atom is -0.575 e. The van der Waals surface area contributed by atoms with Crippen molar-refractivity contribution in [1.82, 2.24) is 0 Å². The Labute approximate surface area is 224 Å². The van der Waals surface area contributed by atoms with Crippen molar-refractivity contribution in [3.8, 4) is 11.5 Å². The maximum atomic E-state index is 13.1. The van der Waals surface area contributed by atoms with E-state index < -0.39 is 29.5 Å². The molecular weight excluding hydrogens is 488 g/mol. The third kappa shape index (κ3) is 6.05. The molecule has 2 heterocycles. The number of methoxy groups -OCH3 is 2. The zero-order chi connectivity index (χ0) is 28.0. The number of benzene rings is 2. The molecule has 0 saturated carbocycles. The monoisotopic (exact) mass is 526 g/mol. The maximum Gasteiger partial charge on any atom is 0.337 e. The zero-order valence-corrected chi connectivity index (χ0v) is 23.2. The van der Waals surface area contributed by atoms with Crippen LogP contribution in [0.25, 0.3) is 0 Å². The van der Waals surface area contributed by atoms with Crippen molar-refractivity contribution >= 4 is 17.6 Å². The van der Waals surface area contributed by atoms with E-state index in [1.807, 2.05) is 0 Å². The van der Waals surface area contributed by atoms with Crippen LogP contribution in [0, 0.1) is 0 Å². The summed E-state index contributed by atoms with van der Waals surface area (Å²) in [7, 11) is 2.97. The van der Waals surface area contributed by atoms with Crippen LogP contribution in [0.1, 0.15) is 57.6 Å². The van der Waals surface area contributed by atoms with Crippen molar-refractivity contribution in [3.63, 3.8) is 0 Å². The maximum absolute atomic E-state index is 13.1. The first-order valence-electron chi connectivity index (χ1n) is 12.9. The molecule has 4 rings (SSSR count). The van der Waals surface area contributed by atoms with E-state index in [0.29, 0.717) is 28.3 Å². The third-order valence-corrected chi connectivity index (χ3v) is 6.87. The molecule has 0 aliphatic carbocycles. The summed E-state index contributed by atoms with van der Waals surface area (Å²) in [6.45, 7) is 13.4. The van der Waals surface area contributed by atoms with Gasteiger partial charge in [0.05, 0.1) is 51.3 Å². The number of anilines is 1. The first-order valence-corrected chi connectivity index (χ1v) is 12.9. The Morgan fingerprint density at radius 1 is 1.00 bits per heavy atom. The summed E-state index contributed by atoms with van der Waals surface area (Å²) in [4.78, 5) is 27.8. The van der Waals surface area contributed by atoms with Crippen LogP contribution in [0.15, 0.2) is 54.0 Å². The second-order valence-electron chi connectivity index (χ2n) is 9.54. The summed E-state index contributed by atoms with van der Waals surface area (Å²) in [6.07, 6.45) is 0. The molecule has 9 nitrogen and oxygen atoms in total. The van der Waals surface area contributed by atoms with Crippen molar-refractivity contribution in [3.05, 3.63) is 65.1 Å². The van der Waals surface area contributed by atoms with Crippen molar-refractivity contribution in [2.24, 2.45) is 0 Å². The van der Waals surface area contributed by atoms with Crippen LogP contribution in [-0.2, 0) is 19.1 Å². The Balaban J connectivity index is 0.000000505. The Kier molecular flexibility index (Phi) is 9.27. The summed E-state index contributed by atoms with van der Waals surface area (Å²) < 4.78 is 21.5. The number of rotatable bonds is 8. The smallest absolute Gasteiger partial charge is 0.337 e. The molecule has 206 valence electrons. The highest BCUT2D eigenvalue weighted by Gasteiger charge is 2.45. The van der Waals surface area contributed by atoms with Crippen LogP contribution in [0.5, 0.6) is 11.5 Å². The van der Waals surface area contributed by atoms with E-state index in [2.05, 4.69) is 26.1 Å². The van der Waals surface area contributed by atoms with Crippen molar-refractivity contribution in [2.45, 2.75) is 52.2 Å². The SMILES string of the molecule is CC[NH+](CC)CC.COc1ccc(OC)c(C(C2=C([O-])OC(C)(C)OC2=O)C2C(=O)Nc3ccccc32)c1. The van der Waals surface area contributed by atoms with Gasteiger partial charge >= 0.3 is 5.97 Å². The number of hydrogen-bond acceptors (Lipinski definition) is 7. The number of hydrogen-bond donors (Lipinski definition) is 2. The highest BCUT2D eigenvalue weighted by Crippen LogP contribution is 2.50. The molecule has 2 atom stereocenters. The molecule has 2 unspecified atom stereocenters. The Hall–Kier alpha value is -3.72. The Morgan fingerprint density at radius 3 is 2.21 bits per heavy atom. The van der Waals surface area contributed by atoms with Gasteiger partial charge in [0.25, 0.3) is 0 Å². The molecule has 0 radical (unpaired) electrons. The normalized spacial score (nSPS) is 18.5. The predicted molar refractivity (Wildman–Crippen MR) is 141 cm³/mol. The fourth-order valence-electron chi connectivity index (χ4n) is 4.81. The van der Waals surface area contributed by atoms with Crippen LogP contribution in [-0.4, -0.2) is 51.5 Å². The van der Waals surface area contributed by atoms with E-state index in [1.54, 1.807) is 47.4 Å². The van der Waals surface area contributed by atoms with E-state index in [1.165, 1.54) is 47.7 Å². The number of para-hydroxylation sites is 1. The summed E-state index contributed by atoms with van der Waals surface area (Å²) in [6, 6.07) is 12.1. The quantitative estimate of drug-likeness (QED) is 0.508. The number of carbonyl (C=O) groups excluding carboxylic acids is 2. The first kappa shape index (κ1) is 28.8. The van der Waals surface area contributed by atoms with Gasteiger partial charge < -0.3 is 34.3 Å². The molecule has 9 heteroatoms. The van der Waals surface area contributed by atoms with Gasteiger partial charge in [-0.1, -0.05) is 18.2 Å². The van der Waals surface area contributed by atoms with E-state index >= 15 is 0 Å². The van der Waals surface area contributed by atoms with Crippen LogP contribution >= 0.6 is 0 Å². The minimum atomic E-state index is -1.41. The molecule has 1 amide bonds. The van der Waals surface area contributed by atoms with E-state index in [4.69, 9.17) is 18.9 Å². The van der Waals surface area contributed by atoms with Gasteiger partial charge in [-0.3, -0.25) is 4.79 Å². The van der Waals surface area contributed by atoms with Gasteiger partial charge in [-0.15, -0.1) is 0 Å². The first-order chi connectivity index (χ1) is 18.1. The molecule has 0 bridgehead atoms. The number of carbonyl (C=O) groups is 2. The second kappa shape index (κ2) is 12.2. The zero-order valence-electron chi connectivity index (χ0n) is 23.2. The molecule has 2 aliphatic rings. The molecule has 2 aromatic carbocycles. The van der Waals surface area contributed by atoms with Crippen LogP contribution in [0.3, 0.4) is 0 Å². The van der Waals surface area contributed by atoms with E-state index in [0.717, 1.165) is 0 Å². The van der Waals surface area contributed by atoms with Gasteiger partial charge in [-0.05, 0) is 64.4 Å². The lowest BCUT2D eigenvalue weighted by molar-refractivity contribution is -0.894. The molecular formula is C29H38N2O7. The van der Waals surface area contributed by atoms with Gasteiger partial charge in [0.1, 0.15) is 11.5 Å². The lowest BCUT2D eigenvalue weighted by atomic mass is 9.76. The van der Waals surface area contributed by atoms with Crippen LogP contribution < -0.4 is 24.8 Å². The topological polar surface area (TPSA) is 111 Å². The number of quaternary nitrogens is 1. The van der Waals surface area contributed by atoms with Gasteiger partial charge in [0.15, 0.2) is 5.79 Å². The third-order valence-electron chi connectivity index (χ3n) is 6.87. The van der Waals surface area contributed by atoms with Crippen molar-refractivity contribution in [2.75, 3.05) is 39.2 Å². The predicted octanol–water partition coefficient (Wildman–Crippen LogP) is 2.34. The standard InChI is InChI=1S/C23H23NO7.C6H15N/c1-23(2)30-21(26)19(22(27)31-23)17(14-11-12(28-3)9-10-16(14)29-4)18-13-7-5-6-8-15(13)24-20(18)25;1-4-7(5-2)6-3/h5-11,17-18,26H,1-4H3,(H,24,25);4-6H2,1-3H3. The van der Waals surface area contributed by atoms with Crippen molar-refractivity contribution < 1.29 is 38.5 Å². The minimum absolute atomic E-state index is 0.275. The molecule has 2 aromatic rings. The molecule has 0 fully saturated rings. The van der Waals surface area contributed by atoms with Gasteiger partial charge in [0, 0.05) is 17.2 Å². The van der Waals surface area contributed by atoms with E-state index in [9.17, 15) is 14.7 Å². The van der Waals surface area contributed by atoms with Gasteiger partial charge in [-0.2, -0.15) is 0 Å². The molecule has 2 N–H and O–H groups in total. The molecule has 0 spiro atoms. The fraction of sp³-hybridized carbons (Fsp3) is 0.448. The Bertz CT molecular complexity index is 1180. The number of ether oxygens (including phenoxy) is 4. The second-order valence-corrected chi connectivity index (χ2v) is 9.54. The largest absolute Gasteiger partial charge is 0.575 e. The number of fused-ring (bicyclic) bond motifs is 1. The number of cyclic esters (lactones) is 1. The van der Waals surface area contributed by atoms with Gasteiger partial charge in [-0.25, -0.2) is 4.79 Å². The summed E-state index contributed by atoms with van der Waals surface area (Å²) in [5.74, 6) is -4.47. The average Bonchev–Trinajstić information content (AvgIpc) is 3.22. The summed E-state index contributed by atoms with van der Waals surface area (Å²) in [5.41, 5.74) is 1.42. The number of esters is 1. The molecule has 2 aliphatic heterocycles. The number of amides is 1. The molecule has 0 saturated heterocycles. The number of nitrogens with one attached hydrogen (secondary N) is 2. The lowest BCUT2D eigenvalue weighted by Gasteiger charge is -2.41. The van der Waals surface area contributed by atoms with E-state index in [-0.39, 0.29) is 11.5 Å². The highest BCUT2D eigenvalue weighted by molar-refractivity contribution is 6.05. The van der Waals surface area contributed by atoms with Crippen LogP contribution in [0.4, 0.5) is 5.69 Å². The molecule has 38 heavy (non-hydrogen) atoms. The Morgan fingerprint density at radius 2 is 1.66 bits per heavy atom. The molecule has 0 aromatic heterocycles. The van der Waals surface area contributed by atoms with Gasteiger partial charge in [0.2, 0.25) is 5.91 Å². The van der Waals surface area contributed by atoms with Crippen LogP contribution in [0.2, 0.25) is 0 Å². The lowest BCUT2D eigenvalue weighted by Crippen LogP contribution is -3.11. The summed E-state index contributed by atoms with van der Waals surface area (Å²) >= 11 is 0. The van der Waals surface area contributed by atoms with Crippen molar-refractivity contribution in [1.29, 1.82) is 0 Å². The average molecular weight is 527 g/mol. The fourth-order valence-corrected chi connectivity index (χ4v) is 4.81. The highest BCUT2D eigenvalue weighted by atomic mass is 16.8.